The summed E-state index contributed by atoms with van der Waals surface area (Å²) in [6.45, 7) is 2.98. The summed E-state index contributed by atoms with van der Waals surface area (Å²) >= 11 is 0. The van der Waals surface area contributed by atoms with E-state index in [-0.39, 0.29) is 0 Å². The molecule has 0 saturated carbocycles. The molecule has 3 nitrogen and oxygen atoms in total. The van der Waals surface area contributed by atoms with Crippen molar-refractivity contribution in [3.05, 3.63) is 23.8 Å². The third-order valence-corrected chi connectivity index (χ3v) is 3.68. The molecule has 2 aliphatic heterocycles. The van der Waals surface area contributed by atoms with Gasteiger partial charge in [0.1, 0.15) is 11.5 Å². The van der Waals surface area contributed by atoms with Crippen LogP contribution in [0.3, 0.4) is 0 Å². The van der Waals surface area contributed by atoms with E-state index in [1.807, 2.05) is 12.1 Å². The minimum absolute atomic E-state index is 0.595. The maximum atomic E-state index is 5.82. The van der Waals surface area contributed by atoms with Crippen molar-refractivity contribution in [2.24, 2.45) is 5.92 Å². The van der Waals surface area contributed by atoms with E-state index in [4.69, 9.17) is 9.47 Å². The van der Waals surface area contributed by atoms with E-state index in [9.17, 15) is 0 Å². The van der Waals surface area contributed by atoms with E-state index in [1.165, 1.54) is 12.0 Å². The van der Waals surface area contributed by atoms with Crippen LogP contribution in [0.2, 0.25) is 0 Å². The highest BCUT2D eigenvalue weighted by Gasteiger charge is 2.34. The van der Waals surface area contributed by atoms with Crippen molar-refractivity contribution in [2.75, 3.05) is 26.8 Å². The lowest BCUT2D eigenvalue weighted by atomic mass is 9.79. The summed E-state index contributed by atoms with van der Waals surface area (Å²) in [5, 5.41) is 3.43. The van der Waals surface area contributed by atoms with Crippen LogP contribution in [0.4, 0.5) is 0 Å². The first-order valence-corrected chi connectivity index (χ1v) is 5.90. The molecule has 1 aromatic carbocycles. The van der Waals surface area contributed by atoms with Gasteiger partial charge in [0.2, 0.25) is 0 Å². The van der Waals surface area contributed by atoms with Crippen molar-refractivity contribution in [3.63, 3.8) is 0 Å². The van der Waals surface area contributed by atoms with Gasteiger partial charge in [0, 0.05) is 18.0 Å². The van der Waals surface area contributed by atoms with E-state index >= 15 is 0 Å². The molecule has 2 aliphatic rings. The number of methoxy groups -OCH3 is 1. The fourth-order valence-corrected chi connectivity index (χ4v) is 2.87. The van der Waals surface area contributed by atoms with Gasteiger partial charge in [-0.1, -0.05) is 6.07 Å². The minimum atomic E-state index is 0.595. The lowest BCUT2D eigenvalue weighted by Gasteiger charge is -2.37. The zero-order chi connectivity index (χ0) is 11.0. The van der Waals surface area contributed by atoms with Gasteiger partial charge in [-0.15, -0.1) is 0 Å². The Morgan fingerprint density at radius 3 is 3.25 bits per heavy atom. The lowest BCUT2D eigenvalue weighted by Crippen LogP contribution is -2.40. The van der Waals surface area contributed by atoms with Crippen LogP contribution in [-0.2, 0) is 0 Å². The molecule has 2 atom stereocenters. The minimum Gasteiger partial charge on any atom is -0.496 e. The second-order valence-corrected chi connectivity index (χ2v) is 4.54. The number of nitrogens with one attached hydrogen (secondary N) is 1. The summed E-state index contributed by atoms with van der Waals surface area (Å²) in [6, 6.07) is 6.09. The second kappa shape index (κ2) is 3.98. The molecule has 1 aromatic rings. The van der Waals surface area contributed by atoms with E-state index < -0.39 is 0 Å². The molecule has 1 fully saturated rings. The Morgan fingerprint density at radius 2 is 2.38 bits per heavy atom. The third kappa shape index (κ3) is 1.47. The first-order valence-electron chi connectivity index (χ1n) is 5.90. The van der Waals surface area contributed by atoms with E-state index in [0.29, 0.717) is 11.8 Å². The first kappa shape index (κ1) is 9.97. The Bertz CT molecular complexity index is 377. The summed E-state index contributed by atoms with van der Waals surface area (Å²) in [7, 11) is 1.74. The van der Waals surface area contributed by atoms with Gasteiger partial charge in [-0.25, -0.2) is 0 Å². The van der Waals surface area contributed by atoms with Crippen molar-refractivity contribution in [1.82, 2.24) is 5.32 Å². The van der Waals surface area contributed by atoms with Crippen molar-refractivity contribution in [3.8, 4) is 11.5 Å². The maximum Gasteiger partial charge on any atom is 0.126 e. The van der Waals surface area contributed by atoms with Crippen LogP contribution in [0.25, 0.3) is 0 Å². The number of ether oxygens (including phenoxy) is 2. The molecule has 3 heteroatoms. The summed E-state index contributed by atoms with van der Waals surface area (Å²) in [4.78, 5) is 0. The zero-order valence-corrected chi connectivity index (χ0v) is 9.53. The summed E-state index contributed by atoms with van der Waals surface area (Å²) in [5.41, 5.74) is 1.28. The number of piperidine rings is 1. The highest BCUT2D eigenvalue weighted by molar-refractivity contribution is 5.49. The van der Waals surface area contributed by atoms with E-state index in [1.54, 1.807) is 7.11 Å². The van der Waals surface area contributed by atoms with Crippen LogP contribution in [0.1, 0.15) is 17.9 Å². The topological polar surface area (TPSA) is 30.5 Å². The standard InChI is InChI=1S/C13H17NO2/c1-15-11-3-2-4-12-13(11)10-5-6-14-7-9(10)8-16-12/h2-4,9-10,14H,5-8H2,1H3/t9?,10-/m0/s1. The average Bonchev–Trinajstić information content (AvgIpc) is 2.37. The van der Waals surface area contributed by atoms with Crippen LogP contribution in [0.5, 0.6) is 11.5 Å². The number of rotatable bonds is 1. The molecule has 1 unspecified atom stereocenters. The van der Waals surface area contributed by atoms with Crippen molar-refractivity contribution >= 4 is 0 Å². The molecule has 16 heavy (non-hydrogen) atoms. The molecule has 0 radical (unpaired) electrons. The molecule has 0 spiro atoms. The molecule has 0 bridgehead atoms. The normalized spacial score (nSPS) is 27.6. The van der Waals surface area contributed by atoms with Crippen LogP contribution >= 0.6 is 0 Å². The monoisotopic (exact) mass is 219 g/mol. The smallest absolute Gasteiger partial charge is 0.126 e. The summed E-state index contributed by atoms with van der Waals surface area (Å²) in [6.07, 6.45) is 1.18. The van der Waals surface area contributed by atoms with Crippen molar-refractivity contribution in [2.45, 2.75) is 12.3 Å². The van der Waals surface area contributed by atoms with Gasteiger partial charge in [0.15, 0.2) is 0 Å². The summed E-state index contributed by atoms with van der Waals surface area (Å²) in [5.74, 6) is 3.19. The Kier molecular flexibility index (Phi) is 2.48. The Balaban J connectivity index is 2.05. The molecular weight excluding hydrogens is 202 g/mol. The summed E-state index contributed by atoms with van der Waals surface area (Å²) < 4.78 is 11.3. The van der Waals surface area contributed by atoms with Crippen molar-refractivity contribution < 1.29 is 9.47 Å². The largest absolute Gasteiger partial charge is 0.496 e. The van der Waals surface area contributed by atoms with Gasteiger partial charge < -0.3 is 14.8 Å². The molecule has 1 N–H and O–H groups in total. The Hall–Kier alpha value is -1.22. The lowest BCUT2D eigenvalue weighted by molar-refractivity contribution is 0.164. The molecular formula is C13H17NO2. The van der Waals surface area contributed by atoms with E-state index in [2.05, 4.69) is 11.4 Å². The van der Waals surface area contributed by atoms with Gasteiger partial charge in [0.25, 0.3) is 0 Å². The van der Waals surface area contributed by atoms with Gasteiger partial charge in [-0.05, 0) is 31.0 Å². The first-order chi connectivity index (χ1) is 7.90. The zero-order valence-electron chi connectivity index (χ0n) is 9.53. The van der Waals surface area contributed by atoms with Gasteiger partial charge >= 0.3 is 0 Å². The van der Waals surface area contributed by atoms with Crippen LogP contribution in [0, 0.1) is 5.92 Å². The quantitative estimate of drug-likeness (QED) is 0.781. The van der Waals surface area contributed by atoms with Crippen LogP contribution in [0.15, 0.2) is 18.2 Å². The molecule has 0 aliphatic carbocycles. The molecule has 3 rings (SSSR count). The molecule has 0 amide bonds. The highest BCUT2D eigenvalue weighted by atomic mass is 16.5. The predicted octanol–water partition coefficient (Wildman–Crippen LogP) is 1.78. The number of benzene rings is 1. The molecule has 2 heterocycles. The van der Waals surface area contributed by atoms with Crippen LogP contribution in [-0.4, -0.2) is 26.8 Å². The van der Waals surface area contributed by atoms with Gasteiger partial charge in [-0.3, -0.25) is 0 Å². The molecule has 1 saturated heterocycles. The maximum absolute atomic E-state index is 5.82. The second-order valence-electron chi connectivity index (χ2n) is 4.54. The number of fused-ring (bicyclic) bond motifs is 3. The SMILES string of the molecule is COc1cccc2c1[C@H]1CCNCC1CO2. The Morgan fingerprint density at radius 1 is 1.44 bits per heavy atom. The molecule has 0 aromatic heterocycles. The number of hydrogen-bond acceptors (Lipinski definition) is 3. The number of hydrogen-bond donors (Lipinski definition) is 1. The van der Waals surface area contributed by atoms with Crippen LogP contribution < -0.4 is 14.8 Å². The van der Waals surface area contributed by atoms with E-state index in [0.717, 1.165) is 31.2 Å². The fraction of sp³-hybridized carbons (Fsp3) is 0.538. The van der Waals surface area contributed by atoms with Gasteiger partial charge in [0.05, 0.1) is 13.7 Å². The highest BCUT2D eigenvalue weighted by Crippen LogP contribution is 2.44. The predicted molar refractivity (Wildman–Crippen MR) is 62.2 cm³/mol. The van der Waals surface area contributed by atoms with Crippen molar-refractivity contribution in [1.29, 1.82) is 0 Å². The third-order valence-electron chi connectivity index (χ3n) is 3.68. The average molecular weight is 219 g/mol. The van der Waals surface area contributed by atoms with Gasteiger partial charge in [-0.2, -0.15) is 0 Å². The fourth-order valence-electron chi connectivity index (χ4n) is 2.87. The Labute approximate surface area is 95.8 Å². The molecule has 86 valence electrons.